The van der Waals surface area contributed by atoms with Crippen LogP contribution in [-0.2, 0) is 10.0 Å². The van der Waals surface area contributed by atoms with Crippen molar-refractivity contribution in [2.75, 3.05) is 36.4 Å². The van der Waals surface area contributed by atoms with Crippen molar-refractivity contribution in [3.05, 3.63) is 66.1 Å². The number of nitrogens with zero attached hydrogens (tertiary/aromatic N) is 5. The monoisotopic (exact) mass is 430 g/mol. The fourth-order valence-corrected chi connectivity index (χ4v) is 5.02. The predicted molar refractivity (Wildman–Crippen MR) is 112 cm³/mol. The molecular weight excluding hydrogens is 412 g/mol. The summed E-state index contributed by atoms with van der Waals surface area (Å²) in [6.45, 7) is 1.73. The van der Waals surface area contributed by atoms with E-state index in [9.17, 15) is 8.42 Å². The van der Waals surface area contributed by atoms with Crippen LogP contribution in [0.25, 0.3) is 0 Å². The molecule has 150 valence electrons. The van der Waals surface area contributed by atoms with Crippen molar-refractivity contribution in [2.45, 2.75) is 4.90 Å². The molecule has 8 nitrogen and oxygen atoms in total. The minimum absolute atomic E-state index is 0.138. The van der Waals surface area contributed by atoms with Gasteiger partial charge in [-0.2, -0.15) is 4.31 Å². The normalized spacial score (nSPS) is 15.3. The Labute approximate surface area is 174 Å². The third-order valence-corrected chi connectivity index (χ3v) is 6.99. The molecule has 0 saturated carbocycles. The SMILES string of the molecule is O=S(=O)(c1ccccc1Cl)N1CCN(c2cc(Nc3ccccn3)ncn2)CC1. The van der Waals surface area contributed by atoms with Gasteiger partial charge in [0, 0.05) is 38.4 Å². The molecule has 0 amide bonds. The van der Waals surface area contributed by atoms with Crippen molar-refractivity contribution >= 4 is 39.1 Å². The molecule has 0 bridgehead atoms. The number of nitrogens with one attached hydrogen (secondary N) is 1. The van der Waals surface area contributed by atoms with Crippen molar-refractivity contribution in [1.29, 1.82) is 0 Å². The van der Waals surface area contributed by atoms with Gasteiger partial charge in [-0.05, 0) is 24.3 Å². The number of halogens is 1. The molecule has 0 unspecified atom stereocenters. The van der Waals surface area contributed by atoms with E-state index in [2.05, 4.69) is 20.3 Å². The van der Waals surface area contributed by atoms with Crippen LogP contribution in [0.15, 0.2) is 66.0 Å². The van der Waals surface area contributed by atoms with Crippen LogP contribution in [-0.4, -0.2) is 53.9 Å². The van der Waals surface area contributed by atoms with Gasteiger partial charge in [-0.15, -0.1) is 0 Å². The zero-order valence-corrected chi connectivity index (χ0v) is 17.0. The summed E-state index contributed by atoms with van der Waals surface area (Å²) in [7, 11) is -3.63. The van der Waals surface area contributed by atoms with E-state index in [1.807, 2.05) is 29.2 Å². The first-order valence-corrected chi connectivity index (χ1v) is 10.9. The van der Waals surface area contributed by atoms with E-state index in [-0.39, 0.29) is 9.92 Å². The molecule has 3 heterocycles. The van der Waals surface area contributed by atoms with Crippen LogP contribution in [0.4, 0.5) is 17.5 Å². The van der Waals surface area contributed by atoms with E-state index in [0.29, 0.717) is 37.8 Å². The van der Waals surface area contributed by atoms with Gasteiger partial charge in [0.1, 0.15) is 28.7 Å². The number of benzene rings is 1. The van der Waals surface area contributed by atoms with E-state index in [1.165, 1.54) is 16.7 Å². The molecule has 29 heavy (non-hydrogen) atoms. The van der Waals surface area contributed by atoms with Crippen molar-refractivity contribution in [1.82, 2.24) is 19.3 Å². The van der Waals surface area contributed by atoms with Crippen LogP contribution in [0.5, 0.6) is 0 Å². The molecule has 2 aromatic heterocycles. The maximum absolute atomic E-state index is 12.9. The highest BCUT2D eigenvalue weighted by Crippen LogP contribution is 2.26. The van der Waals surface area contributed by atoms with E-state index in [1.54, 1.807) is 24.4 Å². The molecule has 0 radical (unpaired) electrons. The number of piperazine rings is 1. The van der Waals surface area contributed by atoms with Crippen LogP contribution in [0, 0.1) is 0 Å². The summed E-state index contributed by atoms with van der Waals surface area (Å²) in [5.41, 5.74) is 0. The maximum Gasteiger partial charge on any atom is 0.244 e. The van der Waals surface area contributed by atoms with Gasteiger partial charge in [0.2, 0.25) is 10.0 Å². The molecule has 0 atom stereocenters. The summed E-state index contributed by atoms with van der Waals surface area (Å²) in [4.78, 5) is 14.9. The summed E-state index contributed by atoms with van der Waals surface area (Å²) < 4.78 is 27.2. The topological polar surface area (TPSA) is 91.3 Å². The lowest BCUT2D eigenvalue weighted by atomic mass is 10.3. The molecule has 1 saturated heterocycles. The molecule has 1 aliphatic rings. The van der Waals surface area contributed by atoms with Crippen molar-refractivity contribution in [2.24, 2.45) is 0 Å². The smallest absolute Gasteiger partial charge is 0.244 e. The van der Waals surface area contributed by atoms with E-state index in [0.717, 1.165) is 5.82 Å². The highest BCUT2D eigenvalue weighted by molar-refractivity contribution is 7.89. The minimum atomic E-state index is -3.63. The molecule has 0 aliphatic carbocycles. The zero-order chi connectivity index (χ0) is 20.3. The molecule has 3 aromatic rings. The van der Waals surface area contributed by atoms with Gasteiger partial charge in [-0.25, -0.2) is 23.4 Å². The second-order valence-corrected chi connectivity index (χ2v) is 8.74. The second-order valence-electron chi connectivity index (χ2n) is 6.42. The molecule has 1 N–H and O–H groups in total. The Bertz CT molecular complexity index is 1090. The summed E-state index contributed by atoms with van der Waals surface area (Å²) in [5, 5.41) is 3.37. The van der Waals surface area contributed by atoms with Gasteiger partial charge in [0.25, 0.3) is 0 Å². The van der Waals surface area contributed by atoms with Crippen LogP contribution in [0.3, 0.4) is 0 Å². The lowest BCUT2D eigenvalue weighted by Crippen LogP contribution is -2.49. The van der Waals surface area contributed by atoms with Gasteiger partial charge in [0.05, 0.1) is 5.02 Å². The Morgan fingerprint density at radius 1 is 0.897 bits per heavy atom. The largest absolute Gasteiger partial charge is 0.354 e. The Hall–Kier alpha value is -2.75. The van der Waals surface area contributed by atoms with Crippen LogP contribution >= 0.6 is 11.6 Å². The standard InChI is InChI=1S/C19H19ClN6O2S/c20-15-5-1-2-6-16(15)29(27,28)26-11-9-25(10-12-26)19-13-18(22-14-23-19)24-17-7-3-4-8-21-17/h1-8,13-14H,9-12H2,(H,21,22,23,24). The third kappa shape index (κ3) is 4.31. The Kier molecular flexibility index (Phi) is 5.61. The zero-order valence-electron chi connectivity index (χ0n) is 15.4. The van der Waals surface area contributed by atoms with E-state index in [4.69, 9.17) is 11.6 Å². The summed E-state index contributed by atoms with van der Waals surface area (Å²) in [5.74, 6) is 2.04. The first-order chi connectivity index (χ1) is 14.0. The quantitative estimate of drug-likeness (QED) is 0.665. The predicted octanol–water partition coefficient (Wildman–Crippen LogP) is 2.78. The van der Waals surface area contributed by atoms with Crippen LogP contribution in [0.2, 0.25) is 5.02 Å². The average Bonchev–Trinajstić information content (AvgIpc) is 2.75. The number of pyridine rings is 1. The molecule has 1 fully saturated rings. The van der Waals surface area contributed by atoms with Gasteiger partial charge in [-0.1, -0.05) is 29.8 Å². The number of rotatable bonds is 5. The Morgan fingerprint density at radius 2 is 1.66 bits per heavy atom. The van der Waals surface area contributed by atoms with Crippen LogP contribution < -0.4 is 10.2 Å². The van der Waals surface area contributed by atoms with Gasteiger partial charge < -0.3 is 10.2 Å². The van der Waals surface area contributed by atoms with Crippen molar-refractivity contribution in [3.63, 3.8) is 0 Å². The third-order valence-electron chi connectivity index (χ3n) is 4.59. The highest BCUT2D eigenvalue weighted by Gasteiger charge is 2.30. The Balaban J connectivity index is 1.45. The number of anilines is 3. The number of hydrogen-bond donors (Lipinski definition) is 1. The molecule has 10 heteroatoms. The molecule has 1 aliphatic heterocycles. The molecule has 4 rings (SSSR count). The first kappa shape index (κ1) is 19.6. The van der Waals surface area contributed by atoms with Crippen LogP contribution in [0.1, 0.15) is 0 Å². The number of hydrogen-bond acceptors (Lipinski definition) is 7. The fourth-order valence-electron chi connectivity index (χ4n) is 3.11. The minimum Gasteiger partial charge on any atom is -0.354 e. The first-order valence-electron chi connectivity index (χ1n) is 9.04. The summed E-state index contributed by atoms with van der Waals surface area (Å²) >= 11 is 6.09. The second kappa shape index (κ2) is 8.32. The van der Waals surface area contributed by atoms with Crippen molar-refractivity contribution < 1.29 is 8.42 Å². The summed E-state index contributed by atoms with van der Waals surface area (Å²) in [6, 6.07) is 13.9. The van der Waals surface area contributed by atoms with Gasteiger partial charge in [0.15, 0.2) is 0 Å². The summed E-state index contributed by atoms with van der Waals surface area (Å²) in [6.07, 6.45) is 3.18. The fraction of sp³-hybridized carbons (Fsp3) is 0.211. The van der Waals surface area contributed by atoms with Gasteiger partial charge >= 0.3 is 0 Å². The number of sulfonamides is 1. The van der Waals surface area contributed by atoms with Crippen molar-refractivity contribution in [3.8, 4) is 0 Å². The molecule has 0 spiro atoms. The van der Waals surface area contributed by atoms with E-state index < -0.39 is 10.0 Å². The number of aromatic nitrogens is 3. The van der Waals surface area contributed by atoms with E-state index >= 15 is 0 Å². The highest BCUT2D eigenvalue weighted by atomic mass is 35.5. The lowest BCUT2D eigenvalue weighted by Gasteiger charge is -2.34. The molecule has 1 aromatic carbocycles. The lowest BCUT2D eigenvalue weighted by molar-refractivity contribution is 0.384. The van der Waals surface area contributed by atoms with Gasteiger partial charge in [-0.3, -0.25) is 0 Å². The maximum atomic E-state index is 12.9. The molecular formula is C19H19ClN6O2S. The average molecular weight is 431 g/mol. The Morgan fingerprint density at radius 3 is 2.38 bits per heavy atom.